The van der Waals surface area contributed by atoms with Gasteiger partial charge in [-0.2, -0.15) is 4.68 Å². The summed E-state index contributed by atoms with van der Waals surface area (Å²) in [5.74, 6) is 0. The molecule has 6 heteroatoms. The predicted octanol–water partition coefficient (Wildman–Crippen LogP) is 2.59. The van der Waals surface area contributed by atoms with Crippen LogP contribution in [0, 0.1) is 6.92 Å². The molecule has 0 saturated carbocycles. The van der Waals surface area contributed by atoms with Gasteiger partial charge in [-0.05, 0) is 26.3 Å². The van der Waals surface area contributed by atoms with Crippen molar-refractivity contribution in [3.8, 4) is 16.4 Å². The zero-order valence-corrected chi connectivity index (χ0v) is 12.7. The van der Waals surface area contributed by atoms with E-state index in [1.807, 2.05) is 35.2 Å². The summed E-state index contributed by atoms with van der Waals surface area (Å²) in [5.41, 5.74) is 9.66. The van der Waals surface area contributed by atoms with Crippen LogP contribution in [0.1, 0.15) is 17.8 Å². The number of benzene rings is 1. The van der Waals surface area contributed by atoms with Crippen molar-refractivity contribution < 1.29 is 0 Å². The number of nitrogens with zero attached hydrogens (tertiary/aromatic N) is 4. The van der Waals surface area contributed by atoms with Gasteiger partial charge in [0.15, 0.2) is 0 Å². The smallest absolute Gasteiger partial charge is 0.212 e. The van der Waals surface area contributed by atoms with E-state index in [1.54, 1.807) is 11.3 Å². The fourth-order valence-electron chi connectivity index (χ4n) is 2.15. The van der Waals surface area contributed by atoms with Crippen molar-refractivity contribution in [1.82, 2.24) is 20.0 Å². The lowest BCUT2D eigenvalue weighted by Gasteiger charge is -1.99. The van der Waals surface area contributed by atoms with Gasteiger partial charge in [0.25, 0.3) is 0 Å². The van der Waals surface area contributed by atoms with E-state index in [0.29, 0.717) is 6.54 Å². The molecule has 0 aliphatic carbocycles. The van der Waals surface area contributed by atoms with Crippen molar-refractivity contribution >= 4 is 11.3 Å². The van der Waals surface area contributed by atoms with E-state index in [1.165, 1.54) is 0 Å². The molecule has 2 N–H and O–H groups in total. The fourth-order valence-corrected chi connectivity index (χ4v) is 2.98. The summed E-state index contributed by atoms with van der Waals surface area (Å²) in [6, 6.07) is 10.1. The van der Waals surface area contributed by atoms with E-state index in [2.05, 4.69) is 27.4 Å². The van der Waals surface area contributed by atoms with Crippen molar-refractivity contribution in [2.45, 2.75) is 19.8 Å². The third-order valence-electron chi connectivity index (χ3n) is 3.35. The summed E-state index contributed by atoms with van der Waals surface area (Å²) in [6.45, 7) is 2.69. The molecule has 21 heavy (non-hydrogen) atoms. The summed E-state index contributed by atoms with van der Waals surface area (Å²) in [4.78, 5) is 4.66. The van der Waals surface area contributed by atoms with Crippen LogP contribution in [0.25, 0.3) is 16.4 Å². The van der Waals surface area contributed by atoms with Crippen LogP contribution in [0.4, 0.5) is 0 Å². The maximum absolute atomic E-state index is 5.55. The molecule has 0 fully saturated rings. The molecule has 0 bridgehead atoms. The van der Waals surface area contributed by atoms with Crippen LogP contribution in [0.15, 0.2) is 35.7 Å². The van der Waals surface area contributed by atoms with Crippen LogP contribution in [0.5, 0.6) is 0 Å². The van der Waals surface area contributed by atoms with E-state index in [4.69, 9.17) is 5.73 Å². The first-order valence-electron chi connectivity index (χ1n) is 6.92. The van der Waals surface area contributed by atoms with E-state index in [-0.39, 0.29) is 0 Å². The van der Waals surface area contributed by atoms with Crippen LogP contribution in [0.2, 0.25) is 0 Å². The van der Waals surface area contributed by atoms with Gasteiger partial charge in [-0.3, -0.25) is 0 Å². The minimum absolute atomic E-state index is 0.668. The first-order valence-corrected chi connectivity index (χ1v) is 7.80. The van der Waals surface area contributed by atoms with Crippen LogP contribution < -0.4 is 5.73 Å². The molecule has 108 valence electrons. The standard InChI is InChI=1S/C15H17N5S/c1-11-13(8-5-9-16)18-19-20(11)15-17-14(10-21-15)12-6-3-2-4-7-12/h2-4,6-7,10H,5,8-9,16H2,1H3. The molecule has 5 nitrogen and oxygen atoms in total. The van der Waals surface area contributed by atoms with Gasteiger partial charge in [-0.25, -0.2) is 4.98 Å². The fraction of sp³-hybridized carbons (Fsp3) is 0.267. The Labute approximate surface area is 127 Å². The number of rotatable bonds is 5. The summed E-state index contributed by atoms with van der Waals surface area (Å²) >= 11 is 1.57. The summed E-state index contributed by atoms with van der Waals surface area (Å²) in [5, 5.41) is 11.3. The molecule has 2 heterocycles. The second-order valence-electron chi connectivity index (χ2n) is 4.81. The normalized spacial score (nSPS) is 11.0. The van der Waals surface area contributed by atoms with E-state index < -0.39 is 0 Å². The maximum Gasteiger partial charge on any atom is 0.212 e. The monoisotopic (exact) mass is 299 g/mol. The van der Waals surface area contributed by atoms with Crippen LogP contribution in [-0.4, -0.2) is 26.5 Å². The zero-order chi connectivity index (χ0) is 14.7. The minimum atomic E-state index is 0.668. The SMILES string of the molecule is Cc1c(CCCN)nnn1-c1nc(-c2ccccc2)cs1. The molecule has 0 radical (unpaired) electrons. The van der Waals surface area contributed by atoms with Gasteiger partial charge in [-0.1, -0.05) is 35.5 Å². The first kappa shape index (κ1) is 13.9. The largest absolute Gasteiger partial charge is 0.330 e. The average Bonchev–Trinajstić information content (AvgIpc) is 3.13. The highest BCUT2D eigenvalue weighted by Gasteiger charge is 2.13. The number of aryl methyl sites for hydroxylation is 1. The van der Waals surface area contributed by atoms with Gasteiger partial charge in [0.2, 0.25) is 5.13 Å². The Hall–Kier alpha value is -2.05. The second kappa shape index (κ2) is 6.15. The van der Waals surface area contributed by atoms with E-state index >= 15 is 0 Å². The van der Waals surface area contributed by atoms with Gasteiger partial charge < -0.3 is 5.73 Å². The Morgan fingerprint density at radius 1 is 1.24 bits per heavy atom. The number of aromatic nitrogens is 4. The minimum Gasteiger partial charge on any atom is -0.330 e. The van der Waals surface area contributed by atoms with Crippen molar-refractivity contribution in [2.75, 3.05) is 6.54 Å². The molecule has 0 atom stereocenters. The average molecular weight is 299 g/mol. The Bertz CT molecular complexity index is 717. The molecule has 0 aliphatic heterocycles. The molecular formula is C15H17N5S. The van der Waals surface area contributed by atoms with Crippen LogP contribution >= 0.6 is 11.3 Å². The first-order chi connectivity index (χ1) is 10.3. The van der Waals surface area contributed by atoms with Gasteiger partial charge in [0, 0.05) is 10.9 Å². The Balaban J connectivity index is 1.88. The number of thiazole rings is 1. The molecule has 0 unspecified atom stereocenters. The third kappa shape index (κ3) is 2.86. The summed E-state index contributed by atoms with van der Waals surface area (Å²) < 4.78 is 1.81. The van der Waals surface area contributed by atoms with Gasteiger partial charge in [-0.15, -0.1) is 16.4 Å². The summed E-state index contributed by atoms with van der Waals surface area (Å²) in [6.07, 6.45) is 1.78. The highest BCUT2D eigenvalue weighted by Crippen LogP contribution is 2.24. The summed E-state index contributed by atoms with van der Waals surface area (Å²) in [7, 11) is 0. The predicted molar refractivity (Wildman–Crippen MR) is 84.6 cm³/mol. The molecule has 0 amide bonds. The lowest BCUT2D eigenvalue weighted by molar-refractivity contribution is 0.771. The highest BCUT2D eigenvalue weighted by molar-refractivity contribution is 7.12. The lowest BCUT2D eigenvalue weighted by Crippen LogP contribution is -2.02. The molecule has 3 aromatic rings. The maximum atomic E-state index is 5.55. The van der Waals surface area contributed by atoms with Crippen molar-refractivity contribution in [3.05, 3.63) is 47.1 Å². The molecular weight excluding hydrogens is 282 g/mol. The van der Waals surface area contributed by atoms with E-state index in [9.17, 15) is 0 Å². The van der Waals surface area contributed by atoms with Crippen LogP contribution in [-0.2, 0) is 6.42 Å². The van der Waals surface area contributed by atoms with E-state index in [0.717, 1.165) is 40.6 Å². The molecule has 0 aliphatic rings. The van der Waals surface area contributed by atoms with Crippen molar-refractivity contribution in [1.29, 1.82) is 0 Å². The molecule has 0 saturated heterocycles. The Morgan fingerprint density at radius 3 is 2.81 bits per heavy atom. The number of hydrogen-bond donors (Lipinski definition) is 1. The van der Waals surface area contributed by atoms with Crippen molar-refractivity contribution in [3.63, 3.8) is 0 Å². The van der Waals surface area contributed by atoms with Gasteiger partial charge in [0.1, 0.15) is 0 Å². The topological polar surface area (TPSA) is 69.6 Å². The second-order valence-corrected chi connectivity index (χ2v) is 5.64. The van der Waals surface area contributed by atoms with Gasteiger partial charge >= 0.3 is 0 Å². The molecule has 0 spiro atoms. The molecule has 2 aromatic heterocycles. The van der Waals surface area contributed by atoms with Crippen molar-refractivity contribution in [2.24, 2.45) is 5.73 Å². The number of hydrogen-bond acceptors (Lipinski definition) is 5. The molecule has 3 rings (SSSR count). The lowest BCUT2D eigenvalue weighted by atomic mass is 10.2. The van der Waals surface area contributed by atoms with Gasteiger partial charge in [0.05, 0.1) is 17.1 Å². The Morgan fingerprint density at radius 2 is 2.05 bits per heavy atom. The molecule has 1 aromatic carbocycles. The zero-order valence-electron chi connectivity index (χ0n) is 11.9. The number of nitrogens with two attached hydrogens (primary N) is 1. The third-order valence-corrected chi connectivity index (χ3v) is 4.17. The van der Waals surface area contributed by atoms with Crippen LogP contribution in [0.3, 0.4) is 0 Å². The quantitative estimate of drug-likeness (QED) is 0.786. The highest BCUT2D eigenvalue weighted by atomic mass is 32.1. The Kier molecular flexibility index (Phi) is 4.08.